The summed E-state index contributed by atoms with van der Waals surface area (Å²) < 4.78 is 2.13. The van der Waals surface area contributed by atoms with Crippen LogP contribution in [0.5, 0.6) is 0 Å². The number of aromatic nitrogens is 2. The number of nitrogens with zero attached hydrogens (tertiary/aromatic N) is 2. The normalized spacial score (nSPS) is 9.68. The van der Waals surface area contributed by atoms with Gasteiger partial charge in [0.15, 0.2) is 0 Å². The van der Waals surface area contributed by atoms with Gasteiger partial charge in [0.05, 0.1) is 17.4 Å². The minimum atomic E-state index is 0. The zero-order valence-electron chi connectivity index (χ0n) is 10.2. The number of hydrogen-bond acceptors (Lipinski definition) is 2. The number of halogens is 2. The fourth-order valence-corrected chi connectivity index (χ4v) is 1.99. The number of benzene rings is 2. The summed E-state index contributed by atoms with van der Waals surface area (Å²) in [7, 11) is 0. The Kier molecular flexibility index (Phi) is 5.21. The first-order valence-electron chi connectivity index (χ1n) is 5.57. The second kappa shape index (κ2) is 6.45. The first-order chi connectivity index (χ1) is 8.33. The maximum atomic E-state index is 5.74. The molecule has 1 aromatic heterocycles. The standard InChI is InChI=1S/C14H13N3.2ClH/c15-12-6-7-14-13(8-12)16-10-17(14)9-11-4-2-1-3-5-11;;/h1-8,10H,9,15H2;2*1H. The van der Waals surface area contributed by atoms with Crippen molar-refractivity contribution in [1.82, 2.24) is 9.55 Å². The molecule has 0 aliphatic carbocycles. The van der Waals surface area contributed by atoms with Gasteiger partial charge < -0.3 is 10.3 Å². The van der Waals surface area contributed by atoms with E-state index in [-0.39, 0.29) is 24.8 Å². The smallest absolute Gasteiger partial charge is 0.0961 e. The van der Waals surface area contributed by atoms with Crippen molar-refractivity contribution >= 4 is 41.5 Å². The van der Waals surface area contributed by atoms with Crippen molar-refractivity contribution in [2.24, 2.45) is 0 Å². The molecule has 3 rings (SSSR count). The molecule has 2 N–H and O–H groups in total. The van der Waals surface area contributed by atoms with Gasteiger partial charge in [-0.3, -0.25) is 0 Å². The number of anilines is 1. The van der Waals surface area contributed by atoms with Gasteiger partial charge in [0.1, 0.15) is 0 Å². The molecule has 19 heavy (non-hydrogen) atoms. The van der Waals surface area contributed by atoms with Crippen LogP contribution in [0.4, 0.5) is 5.69 Å². The number of hydrogen-bond donors (Lipinski definition) is 1. The molecule has 1 heterocycles. The van der Waals surface area contributed by atoms with Crippen molar-refractivity contribution in [3.8, 4) is 0 Å². The molecule has 0 aliphatic heterocycles. The lowest BCUT2D eigenvalue weighted by Crippen LogP contribution is -1.97. The molecule has 0 bridgehead atoms. The van der Waals surface area contributed by atoms with Gasteiger partial charge in [0.25, 0.3) is 0 Å². The number of rotatable bonds is 2. The Labute approximate surface area is 124 Å². The minimum Gasteiger partial charge on any atom is -0.399 e. The van der Waals surface area contributed by atoms with E-state index < -0.39 is 0 Å². The second-order valence-electron chi connectivity index (χ2n) is 4.11. The van der Waals surface area contributed by atoms with Gasteiger partial charge in [-0.15, -0.1) is 24.8 Å². The molecule has 0 aliphatic rings. The number of nitrogens with two attached hydrogens (primary N) is 1. The summed E-state index contributed by atoms with van der Waals surface area (Å²) in [5.74, 6) is 0. The Morgan fingerprint density at radius 1 is 1.00 bits per heavy atom. The largest absolute Gasteiger partial charge is 0.399 e. The molecular formula is C14H15Cl2N3. The molecule has 5 heteroatoms. The molecule has 0 spiro atoms. The highest BCUT2D eigenvalue weighted by Gasteiger charge is 2.02. The van der Waals surface area contributed by atoms with Crippen LogP contribution in [0.25, 0.3) is 11.0 Å². The van der Waals surface area contributed by atoms with Gasteiger partial charge in [-0.1, -0.05) is 30.3 Å². The summed E-state index contributed by atoms with van der Waals surface area (Å²) in [4.78, 5) is 4.36. The molecule has 100 valence electrons. The average molecular weight is 296 g/mol. The van der Waals surface area contributed by atoms with Crippen molar-refractivity contribution < 1.29 is 0 Å². The Balaban J connectivity index is 0.000000902. The molecule has 0 atom stereocenters. The number of imidazole rings is 1. The molecule has 3 aromatic rings. The fraction of sp³-hybridized carbons (Fsp3) is 0.0714. The molecule has 0 unspecified atom stereocenters. The number of fused-ring (bicyclic) bond motifs is 1. The third-order valence-electron chi connectivity index (χ3n) is 2.84. The van der Waals surface area contributed by atoms with Crippen molar-refractivity contribution in [3.05, 3.63) is 60.4 Å². The van der Waals surface area contributed by atoms with E-state index in [1.807, 2.05) is 42.7 Å². The molecule has 0 radical (unpaired) electrons. The third-order valence-corrected chi connectivity index (χ3v) is 2.84. The van der Waals surface area contributed by atoms with Crippen LogP contribution in [0.2, 0.25) is 0 Å². The van der Waals surface area contributed by atoms with Crippen LogP contribution in [0, 0.1) is 0 Å². The first-order valence-corrected chi connectivity index (χ1v) is 5.57. The Morgan fingerprint density at radius 2 is 1.74 bits per heavy atom. The number of nitrogen functional groups attached to an aromatic ring is 1. The molecular weight excluding hydrogens is 281 g/mol. The van der Waals surface area contributed by atoms with E-state index in [1.54, 1.807) is 0 Å². The van der Waals surface area contributed by atoms with E-state index in [4.69, 9.17) is 5.73 Å². The average Bonchev–Trinajstić information content (AvgIpc) is 2.73. The van der Waals surface area contributed by atoms with Crippen LogP contribution in [0.15, 0.2) is 54.9 Å². The SMILES string of the molecule is Cl.Cl.Nc1ccc2c(c1)ncn2Cc1ccccc1. The molecule has 3 nitrogen and oxygen atoms in total. The van der Waals surface area contributed by atoms with Crippen molar-refractivity contribution in [1.29, 1.82) is 0 Å². The van der Waals surface area contributed by atoms with Crippen molar-refractivity contribution in [2.45, 2.75) is 6.54 Å². The van der Waals surface area contributed by atoms with Gasteiger partial charge >= 0.3 is 0 Å². The van der Waals surface area contributed by atoms with E-state index in [2.05, 4.69) is 21.7 Å². The van der Waals surface area contributed by atoms with Crippen LogP contribution in [0.3, 0.4) is 0 Å². The molecule has 0 fully saturated rings. The topological polar surface area (TPSA) is 43.8 Å². The summed E-state index contributed by atoms with van der Waals surface area (Å²) in [5, 5.41) is 0. The van der Waals surface area contributed by atoms with Gasteiger partial charge in [0, 0.05) is 12.2 Å². The summed E-state index contributed by atoms with van der Waals surface area (Å²) in [6, 6.07) is 16.2. The van der Waals surface area contributed by atoms with Gasteiger partial charge in [-0.25, -0.2) is 4.98 Å². The summed E-state index contributed by atoms with van der Waals surface area (Å²) in [5.41, 5.74) is 9.82. The zero-order chi connectivity index (χ0) is 11.7. The van der Waals surface area contributed by atoms with Gasteiger partial charge in [0.2, 0.25) is 0 Å². The highest BCUT2D eigenvalue weighted by atomic mass is 35.5. The van der Waals surface area contributed by atoms with Gasteiger partial charge in [-0.2, -0.15) is 0 Å². The van der Waals surface area contributed by atoms with E-state index in [0.29, 0.717) is 0 Å². The van der Waals surface area contributed by atoms with Crippen molar-refractivity contribution in [3.63, 3.8) is 0 Å². The van der Waals surface area contributed by atoms with Crippen LogP contribution in [0.1, 0.15) is 5.56 Å². The lowest BCUT2D eigenvalue weighted by Gasteiger charge is -2.04. The summed E-state index contributed by atoms with van der Waals surface area (Å²) in [6.45, 7) is 0.835. The van der Waals surface area contributed by atoms with Crippen LogP contribution >= 0.6 is 24.8 Å². The maximum absolute atomic E-state index is 5.74. The van der Waals surface area contributed by atoms with Crippen molar-refractivity contribution in [2.75, 3.05) is 5.73 Å². The summed E-state index contributed by atoms with van der Waals surface area (Å²) in [6.07, 6.45) is 1.86. The van der Waals surface area contributed by atoms with Crippen LogP contribution < -0.4 is 5.73 Å². The second-order valence-corrected chi connectivity index (χ2v) is 4.11. The Bertz CT molecular complexity index is 650. The molecule has 0 saturated carbocycles. The highest BCUT2D eigenvalue weighted by molar-refractivity contribution is 5.85. The quantitative estimate of drug-likeness (QED) is 0.735. The Morgan fingerprint density at radius 3 is 2.47 bits per heavy atom. The lowest BCUT2D eigenvalue weighted by molar-refractivity contribution is 0.824. The van der Waals surface area contributed by atoms with Gasteiger partial charge in [-0.05, 0) is 23.8 Å². The fourth-order valence-electron chi connectivity index (χ4n) is 1.99. The minimum absolute atomic E-state index is 0. The lowest BCUT2D eigenvalue weighted by atomic mass is 10.2. The monoisotopic (exact) mass is 295 g/mol. The highest BCUT2D eigenvalue weighted by Crippen LogP contribution is 2.17. The van der Waals surface area contributed by atoms with E-state index in [9.17, 15) is 0 Å². The third kappa shape index (κ3) is 3.19. The predicted octanol–water partition coefficient (Wildman–Crippen LogP) is 3.51. The molecule has 0 saturated heterocycles. The van der Waals surface area contributed by atoms with Crippen LogP contribution in [-0.4, -0.2) is 9.55 Å². The van der Waals surface area contributed by atoms with E-state index >= 15 is 0 Å². The Hall–Kier alpha value is -1.71. The molecule has 2 aromatic carbocycles. The van der Waals surface area contributed by atoms with E-state index in [1.165, 1.54) is 5.56 Å². The molecule has 0 amide bonds. The summed E-state index contributed by atoms with van der Waals surface area (Å²) >= 11 is 0. The zero-order valence-corrected chi connectivity index (χ0v) is 11.8. The van der Waals surface area contributed by atoms with E-state index in [0.717, 1.165) is 23.3 Å². The predicted molar refractivity (Wildman–Crippen MR) is 84.2 cm³/mol. The first kappa shape index (κ1) is 15.3. The van der Waals surface area contributed by atoms with Crippen LogP contribution in [-0.2, 0) is 6.54 Å². The maximum Gasteiger partial charge on any atom is 0.0961 e.